The molecule has 0 aromatic heterocycles. The van der Waals surface area contributed by atoms with E-state index in [-0.39, 0.29) is 0 Å². The molecule has 0 spiro atoms. The number of anilines is 1. The summed E-state index contributed by atoms with van der Waals surface area (Å²) in [6, 6.07) is 6.87. The summed E-state index contributed by atoms with van der Waals surface area (Å²) in [4.78, 5) is 10.7. The van der Waals surface area contributed by atoms with Crippen molar-refractivity contribution in [2.24, 2.45) is 0 Å². The van der Waals surface area contributed by atoms with Crippen molar-refractivity contribution in [2.45, 2.75) is 37.6 Å². The van der Waals surface area contributed by atoms with Crippen molar-refractivity contribution in [3.8, 4) is 0 Å². The first-order chi connectivity index (χ1) is 8.40. The van der Waals surface area contributed by atoms with Crippen molar-refractivity contribution < 1.29 is 4.79 Å². The van der Waals surface area contributed by atoms with E-state index < -0.39 is 0 Å². The van der Waals surface area contributed by atoms with Gasteiger partial charge in [0, 0.05) is 17.6 Å². The zero-order chi connectivity index (χ0) is 11.7. The predicted molar refractivity (Wildman–Crippen MR) is 68.2 cm³/mol. The Kier molecular flexibility index (Phi) is 2.85. The lowest BCUT2D eigenvalue weighted by molar-refractivity contribution is -0.105. The average Bonchev–Trinajstić information content (AvgIpc) is 2.39. The van der Waals surface area contributed by atoms with Crippen LogP contribution in [-0.4, -0.2) is 19.0 Å². The smallest absolute Gasteiger partial charge is 0.211 e. The van der Waals surface area contributed by atoms with Crippen LogP contribution in [0.5, 0.6) is 0 Å². The molecule has 17 heavy (non-hydrogen) atoms. The highest BCUT2D eigenvalue weighted by Crippen LogP contribution is 2.40. The number of fused-ring (bicyclic) bond motifs is 3. The molecular formula is C14H18N2O. The third-order valence-corrected chi connectivity index (χ3v) is 4.09. The molecule has 0 radical (unpaired) electrons. The van der Waals surface area contributed by atoms with Crippen LogP contribution in [0.4, 0.5) is 5.69 Å². The van der Waals surface area contributed by atoms with E-state index in [2.05, 4.69) is 16.7 Å². The number of carbonyl (C=O) groups is 1. The number of amides is 1. The third kappa shape index (κ3) is 1.84. The minimum atomic E-state index is 0.580. The monoisotopic (exact) mass is 230 g/mol. The van der Waals surface area contributed by atoms with Crippen LogP contribution in [-0.2, 0) is 11.2 Å². The predicted octanol–water partition coefficient (Wildman–Crippen LogP) is 2.04. The maximum Gasteiger partial charge on any atom is 0.211 e. The average molecular weight is 230 g/mol. The Morgan fingerprint density at radius 2 is 2.29 bits per heavy atom. The molecule has 1 aromatic rings. The lowest BCUT2D eigenvalue weighted by Crippen LogP contribution is -2.42. The van der Waals surface area contributed by atoms with Crippen LogP contribution >= 0.6 is 0 Å². The number of piperidine rings is 1. The Morgan fingerprint density at radius 1 is 1.35 bits per heavy atom. The Hall–Kier alpha value is -1.35. The van der Waals surface area contributed by atoms with E-state index in [0.717, 1.165) is 25.1 Å². The molecule has 1 aliphatic heterocycles. The van der Waals surface area contributed by atoms with E-state index >= 15 is 0 Å². The number of aryl methyl sites for hydroxylation is 1. The van der Waals surface area contributed by atoms with Gasteiger partial charge in [0.2, 0.25) is 6.41 Å². The van der Waals surface area contributed by atoms with Gasteiger partial charge in [-0.3, -0.25) is 4.79 Å². The molecule has 2 N–H and O–H groups in total. The highest BCUT2D eigenvalue weighted by atomic mass is 16.1. The molecule has 1 aliphatic carbocycles. The minimum Gasteiger partial charge on any atom is -0.328 e. The van der Waals surface area contributed by atoms with Gasteiger partial charge in [0.1, 0.15) is 0 Å². The quantitative estimate of drug-likeness (QED) is 0.763. The number of hydrogen-bond donors (Lipinski definition) is 2. The summed E-state index contributed by atoms with van der Waals surface area (Å²) in [7, 11) is 0. The van der Waals surface area contributed by atoms with Gasteiger partial charge in [-0.15, -0.1) is 0 Å². The normalized spacial score (nSPS) is 26.8. The molecule has 1 aromatic carbocycles. The Labute approximate surface area is 102 Å². The number of rotatable bonds is 2. The van der Waals surface area contributed by atoms with Gasteiger partial charge in [-0.05, 0) is 49.4 Å². The third-order valence-electron chi connectivity index (χ3n) is 4.09. The molecule has 1 heterocycles. The van der Waals surface area contributed by atoms with Gasteiger partial charge in [-0.2, -0.15) is 0 Å². The Bertz CT molecular complexity index is 430. The summed E-state index contributed by atoms with van der Waals surface area (Å²) < 4.78 is 0. The molecule has 2 atom stereocenters. The maximum absolute atomic E-state index is 10.7. The minimum absolute atomic E-state index is 0.580. The molecule has 2 unspecified atom stereocenters. The summed E-state index contributed by atoms with van der Waals surface area (Å²) in [5.74, 6) is 0.580. The van der Waals surface area contributed by atoms with Crippen molar-refractivity contribution in [1.29, 1.82) is 0 Å². The molecule has 2 aliphatic rings. The fourth-order valence-corrected chi connectivity index (χ4v) is 3.37. The molecule has 1 amide bonds. The molecule has 3 nitrogen and oxygen atoms in total. The summed E-state index contributed by atoms with van der Waals surface area (Å²) in [5.41, 5.74) is 3.81. The van der Waals surface area contributed by atoms with Gasteiger partial charge >= 0.3 is 0 Å². The van der Waals surface area contributed by atoms with Crippen molar-refractivity contribution in [2.75, 3.05) is 11.9 Å². The van der Waals surface area contributed by atoms with Crippen LogP contribution in [0.25, 0.3) is 0 Å². The summed E-state index contributed by atoms with van der Waals surface area (Å²) in [5, 5.41) is 6.48. The second-order valence-corrected chi connectivity index (χ2v) is 4.99. The highest BCUT2D eigenvalue weighted by molar-refractivity contribution is 5.75. The van der Waals surface area contributed by atoms with Crippen molar-refractivity contribution in [3.63, 3.8) is 0 Å². The molecule has 3 heteroatoms. The van der Waals surface area contributed by atoms with Crippen molar-refractivity contribution in [3.05, 3.63) is 29.3 Å². The summed E-state index contributed by atoms with van der Waals surface area (Å²) in [6.07, 6.45) is 5.60. The van der Waals surface area contributed by atoms with E-state index in [0.29, 0.717) is 12.0 Å². The van der Waals surface area contributed by atoms with Crippen molar-refractivity contribution >= 4 is 12.1 Å². The second kappa shape index (κ2) is 4.49. The fourth-order valence-electron chi connectivity index (χ4n) is 3.37. The van der Waals surface area contributed by atoms with Gasteiger partial charge in [0.25, 0.3) is 0 Å². The largest absolute Gasteiger partial charge is 0.328 e. The molecule has 3 rings (SSSR count). The van der Waals surface area contributed by atoms with E-state index in [1.165, 1.54) is 30.4 Å². The molecule has 0 saturated carbocycles. The zero-order valence-corrected chi connectivity index (χ0v) is 9.91. The van der Waals surface area contributed by atoms with Gasteiger partial charge in [-0.25, -0.2) is 0 Å². The van der Waals surface area contributed by atoms with Crippen molar-refractivity contribution in [1.82, 2.24) is 5.32 Å². The first-order valence-corrected chi connectivity index (χ1v) is 6.45. The fraction of sp³-hybridized carbons (Fsp3) is 0.500. The van der Waals surface area contributed by atoms with Crippen LogP contribution in [0.2, 0.25) is 0 Å². The second-order valence-electron chi connectivity index (χ2n) is 4.99. The topological polar surface area (TPSA) is 41.1 Å². The first kappa shape index (κ1) is 10.8. The molecule has 90 valence electrons. The van der Waals surface area contributed by atoms with Gasteiger partial charge < -0.3 is 10.6 Å². The molecule has 1 fully saturated rings. The van der Waals surface area contributed by atoms with Crippen LogP contribution in [0, 0.1) is 0 Å². The van der Waals surface area contributed by atoms with Crippen LogP contribution in [0.15, 0.2) is 18.2 Å². The number of nitrogens with one attached hydrogen (secondary N) is 2. The zero-order valence-electron chi connectivity index (χ0n) is 9.91. The summed E-state index contributed by atoms with van der Waals surface area (Å²) >= 11 is 0. The highest BCUT2D eigenvalue weighted by Gasteiger charge is 2.32. The number of hydrogen-bond acceptors (Lipinski definition) is 2. The molecule has 0 bridgehead atoms. The first-order valence-electron chi connectivity index (χ1n) is 6.45. The van der Waals surface area contributed by atoms with Gasteiger partial charge in [0.15, 0.2) is 0 Å². The van der Waals surface area contributed by atoms with E-state index in [1.807, 2.05) is 12.1 Å². The van der Waals surface area contributed by atoms with Crippen LogP contribution < -0.4 is 10.6 Å². The van der Waals surface area contributed by atoms with Crippen LogP contribution in [0.3, 0.4) is 0 Å². The van der Waals surface area contributed by atoms with E-state index in [1.54, 1.807) is 0 Å². The molecule has 1 saturated heterocycles. The number of benzene rings is 1. The lowest BCUT2D eigenvalue weighted by atomic mass is 9.74. The summed E-state index contributed by atoms with van der Waals surface area (Å²) in [6.45, 7) is 1.14. The van der Waals surface area contributed by atoms with Gasteiger partial charge in [0.05, 0.1) is 0 Å². The standard InChI is InChI=1S/C14H18N2O/c17-9-16-13-5-1-3-10-6-7-12-11(14(10)13)4-2-8-15-12/h1,3,5,9,11-12,15H,2,4,6-8H2,(H,16,17). The lowest BCUT2D eigenvalue weighted by Gasteiger charge is -2.38. The van der Waals surface area contributed by atoms with E-state index in [4.69, 9.17) is 0 Å². The SMILES string of the molecule is O=CNc1cccc2c1C1CCCNC1CC2. The number of carbonyl (C=O) groups excluding carboxylic acids is 1. The Balaban J connectivity index is 2.03. The molecular weight excluding hydrogens is 212 g/mol. The van der Waals surface area contributed by atoms with E-state index in [9.17, 15) is 4.79 Å². The Morgan fingerprint density at radius 3 is 3.18 bits per heavy atom. The van der Waals surface area contributed by atoms with Crippen LogP contribution in [0.1, 0.15) is 36.3 Å². The van der Waals surface area contributed by atoms with Gasteiger partial charge in [-0.1, -0.05) is 12.1 Å². The maximum atomic E-state index is 10.7.